The number of rotatable bonds is 48. The highest BCUT2D eigenvalue weighted by Gasteiger charge is 2.44. The Hall–Kier alpha value is -7.63. The van der Waals surface area contributed by atoms with Crippen LogP contribution in [0.25, 0.3) is 0 Å². The van der Waals surface area contributed by atoms with Crippen molar-refractivity contribution in [1.82, 2.24) is 79.3 Å². The van der Waals surface area contributed by atoms with Gasteiger partial charge in [-0.2, -0.15) is 37.9 Å². The molecule has 2 aliphatic heterocycles. The van der Waals surface area contributed by atoms with Crippen molar-refractivity contribution in [2.75, 3.05) is 36.9 Å². The number of likely N-dealkylation sites (tertiary alicyclic amines) is 1. The van der Waals surface area contributed by atoms with Crippen molar-refractivity contribution in [2.24, 2.45) is 41.1 Å². The number of amides is 15. The second kappa shape index (κ2) is 48.2. The minimum absolute atomic E-state index is 0.00615. The molecule has 18 atom stereocenters. The molecule has 109 heavy (non-hydrogen) atoms. The number of hydrogen-bond donors (Lipinski definition) is 23. The van der Waals surface area contributed by atoms with Gasteiger partial charge in [0.1, 0.15) is 78.5 Å². The maximum absolute atomic E-state index is 14.6. The zero-order chi connectivity index (χ0) is 83.0. The van der Waals surface area contributed by atoms with E-state index in [2.05, 4.69) is 112 Å². The maximum Gasteiger partial charge on any atom is 0.328 e. The summed E-state index contributed by atoms with van der Waals surface area (Å²) in [6, 6.07) is -21.2. The molecule has 0 unspecified atom stereocenters. The average Bonchev–Trinajstić information content (AvgIpc) is 1.73. The summed E-state index contributed by atoms with van der Waals surface area (Å²) >= 11 is 12.6. The third-order valence-corrected chi connectivity index (χ3v) is 19.0. The lowest BCUT2D eigenvalue weighted by molar-refractivity contribution is -0.145. The third kappa shape index (κ3) is 32.7. The Morgan fingerprint density at radius 2 is 0.761 bits per heavy atom. The molecule has 2 rings (SSSR count). The molecule has 620 valence electrons. The Bertz CT molecular complexity index is 3110. The van der Waals surface area contributed by atoms with Gasteiger partial charge in [-0.25, -0.2) is 4.79 Å². The number of primary amides is 1. The first-order chi connectivity index (χ1) is 50.9. The Labute approximate surface area is 653 Å². The first-order valence-electron chi connectivity index (χ1n) is 37.0. The number of carboxylic acids is 1. The van der Waals surface area contributed by atoms with Crippen LogP contribution in [0, 0.1) is 29.6 Å². The lowest BCUT2D eigenvalue weighted by atomic mass is 9.99. The van der Waals surface area contributed by atoms with E-state index in [1.165, 1.54) is 20.8 Å². The van der Waals surface area contributed by atoms with Crippen LogP contribution in [0.15, 0.2) is 0 Å². The molecule has 2 aliphatic rings. The van der Waals surface area contributed by atoms with Crippen LogP contribution in [0.3, 0.4) is 0 Å². The smallest absolute Gasteiger partial charge is 0.328 e. The van der Waals surface area contributed by atoms with Gasteiger partial charge in [-0.15, -0.1) is 0 Å². The Morgan fingerprint density at radius 1 is 0.413 bits per heavy atom. The molecule has 0 saturated carbocycles. The number of carboxylic acid groups (broad SMARTS) is 1. The Morgan fingerprint density at radius 3 is 1.17 bits per heavy atom. The van der Waals surface area contributed by atoms with E-state index in [1.807, 2.05) is 0 Å². The van der Waals surface area contributed by atoms with Crippen molar-refractivity contribution in [3.8, 4) is 0 Å². The summed E-state index contributed by atoms with van der Waals surface area (Å²) in [4.78, 5) is 220. The normalized spacial score (nSPS) is 18.7. The fraction of sp³-hybridized carbons (Fsp3) is 0.768. The standard InChI is InChI=1S/C69H121N17O20S3/c1-31(2)24-41(58(94)79-46(29-108)62(98)82-51(35(9)10)66(102)83-52(36(11)87)67(103)77-42(25-32(3)4)57(93)75-44(27-49(71)90)59(95)80-47(30-109)63(99)85-54(38(13)89)69(105)106)76-64(100)48-20-17-23-86(48)68(104)53(37(12)88)84-60(96)43(26-33(5)6)74-56(92)40(18-14-15-21-70)73-65(101)50(34(7)8)81-61(97)45(28-107)78-55(91)39-19-16-22-72-39/h31-48,50-54,72,87-89,107-109H,14-30,70H2,1-13H3,(H2,71,90)(H,73,101)(H,74,92)(H,75,93)(H,76,100)(H,77,103)(H,78,91)(H,79,94)(H,80,95)(H,81,97)(H,82,98)(H,83,102)(H,84,96)(H,85,99)(H,105,106)/t36-,37-,38-,39+,40+,41+,42+,43+,44+,45+,46+,47+,48+,50+,51+,52+,53+,54+/m1/s1. The van der Waals surface area contributed by atoms with Crippen LogP contribution in [-0.4, -0.2) is 266 Å². The van der Waals surface area contributed by atoms with E-state index in [9.17, 15) is 97.1 Å². The summed E-state index contributed by atoms with van der Waals surface area (Å²) in [5, 5.41) is 77.0. The van der Waals surface area contributed by atoms with Gasteiger partial charge >= 0.3 is 5.97 Å². The summed E-state index contributed by atoms with van der Waals surface area (Å²) in [6.07, 6.45) is -3.24. The number of aliphatic hydroxyl groups is 3. The fourth-order valence-corrected chi connectivity index (χ4v) is 12.7. The second-order valence-corrected chi connectivity index (χ2v) is 30.8. The van der Waals surface area contributed by atoms with Crippen LogP contribution in [-0.2, 0) is 76.7 Å². The van der Waals surface area contributed by atoms with Crippen LogP contribution < -0.4 is 85.9 Å². The summed E-state index contributed by atoms with van der Waals surface area (Å²) in [6.45, 7) is 21.1. The number of nitrogens with zero attached hydrogens (tertiary/aromatic N) is 1. The SMILES string of the molecule is CC(C)C[C@H](NC(=O)[C@H](CCCCN)NC(=O)[C@@H](NC(=O)[C@H](CS)NC(=O)[C@@H]1CCCN1)C(C)C)C(=O)N[C@H](C(=O)N1CCC[C@H]1C(=O)N[C@@H](CC(C)C)C(=O)N[C@@H](CS)C(=O)N[C@H](C(=O)N[C@H](C(=O)N[C@@H](CC(C)C)C(=O)N[C@@H](CC(N)=O)C(=O)N[C@@H](CS)C(=O)N[C@H](C(=O)O)[C@@H](C)O)[C@@H](C)O)C(C)C)[C@@H](C)O. The predicted octanol–water partition coefficient (Wildman–Crippen LogP) is -5.50. The lowest BCUT2D eigenvalue weighted by Gasteiger charge is -2.32. The monoisotopic (exact) mass is 1600 g/mol. The molecule has 2 saturated heterocycles. The number of aliphatic hydroxyl groups excluding tert-OH is 3. The molecule has 0 bridgehead atoms. The van der Waals surface area contributed by atoms with Gasteiger partial charge in [0.25, 0.3) is 0 Å². The van der Waals surface area contributed by atoms with Crippen molar-refractivity contribution >= 4 is 132 Å². The topological polar surface area (TPSA) is 578 Å². The number of thiol groups is 3. The van der Waals surface area contributed by atoms with Crippen LogP contribution in [0.4, 0.5) is 0 Å². The highest BCUT2D eigenvalue weighted by molar-refractivity contribution is 7.80. The lowest BCUT2D eigenvalue weighted by Crippen LogP contribution is -2.63. The molecule has 22 N–H and O–H groups in total. The number of unbranched alkanes of at least 4 members (excludes halogenated alkanes) is 1. The Balaban J connectivity index is 2.34. The Kier molecular flexibility index (Phi) is 43.1. The first-order valence-corrected chi connectivity index (χ1v) is 38.9. The van der Waals surface area contributed by atoms with Gasteiger partial charge in [-0.1, -0.05) is 69.2 Å². The van der Waals surface area contributed by atoms with E-state index in [0.29, 0.717) is 25.8 Å². The molecule has 0 spiro atoms. The van der Waals surface area contributed by atoms with Gasteiger partial charge in [0.15, 0.2) is 6.04 Å². The number of nitrogens with one attached hydrogen (secondary N) is 14. The molecule has 40 heteroatoms. The van der Waals surface area contributed by atoms with Gasteiger partial charge in [0.05, 0.1) is 30.8 Å². The van der Waals surface area contributed by atoms with E-state index in [0.717, 1.165) is 25.2 Å². The van der Waals surface area contributed by atoms with E-state index >= 15 is 0 Å². The molecule has 0 aromatic carbocycles. The molecule has 0 radical (unpaired) electrons. The van der Waals surface area contributed by atoms with E-state index in [4.69, 9.17) is 11.5 Å². The highest BCUT2D eigenvalue weighted by atomic mass is 32.1. The van der Waals surface area contributed by atoms with Gasteiger partial charge in [0, 0.05) is 23.8 Å². The van der Waals surface area contributed by atoms with Crippen LogP contribution in [0.5, 0.6) is 0 Å². The van der Waals surface area contributed by atoms with Crippen LogP contribution in [0.1, 0.15) is 161 Å². The zero-order valence-corrected chi connectivity index (χ0v) is 67.2. The third-order valence-electron chi connectivity index (χ3n) is 17.9. The number of hydrogen-bond acceptors (Lipinski definition) is 24. The van der Waals surface area contributed by atoms with Gasteiger partial charge in [0.2, 0.25) is 88.6 Å². The molecule has 37 nitrogen and oxygen atoms in total. The number of nitrogens with two attached hydrogens (primary N) is 2. The van der Waals surface area contributed by atoms with Gasteiger partial charge in [-0.3, -0.25) is 71.9 Å². The van der Waals surface area contributed by atoms with Crippen molar-refractivity contribution in [1.29, 1.82) is 0 Å². The second-order valence-electron chi connectivity index (χ2n) is 29.7. The summed E-state index contributed by atoms with van der Waals surface area (Å²) in [5.74, 6) is -18.2. The minimum atomic E-state index is -1.83. The fourth-order valence-electron chi connectivity index (χ4n) is 11.9. The molecule has 0 aliphatic carbocycles. The molecule has 15 amide bonds. The number of carbonyl (C=O) groups excluding carboxylic acids is 15. The average molecular weight is 1610 g/mol. The molecular formula is C69H121N17O20S3. The number of carbonyl (C=O) groups is 16. The van der Waals surface area contributed by atoms with Crippen LogP contribution >= 0.6 is 37.9 Å². The molecular weight excluding hydrogens is 1480 g/mol. The van der Waals surface area contributed by atoms with Crippen molar-refractivity contribution in [2.45, 2.75) is 270 Å². The maximum atomic E-state index is 14.6. The summed E-state index contributed by atoms with van der Waals surface area (Å²) in [7, 11) is 0. The summed E-state index contributed by atoms with van der Waals surface area (Å²) in [5.41, 5.74) is 11.2. The summed E-state index contributed by atoms with van der Waals surface area (Å²) < 4.78 is 0. The minimum Gasteiger partial charge on any atom is -0.480 e. The zero-order valence-electron chi connectivity index (χ0n) is 64.6. The largest absolute Gasteiger partial charge is 0.480 e. The van der Waals surface area contributed by atoms with E-state index < -0.39 is 222 Å². The van der Waals surface area contributed by atoms with Crippen molar-refractivity contribution in [3.05, 3.63) is 0 Å². The quantitative estimate of drug-likeness (QED) is 0.0200. The van der Waals surface area contributed by atoms with E-state index in [-0.39, 0.29) is 86.8 Å². The van der Waals surface area contributed by atoms with Crippen molar-refractivity contribution < 1.29 is 97.1 Å². The molecule has 2 heterocycles. The predicted molar refractivity (Wildman–Crippen MR) is 410 cm³/mol. The molecule has 2 fully saturated rings. The number of aliphatic carboxylic acids is 1. The van der Waals surface area contributed by atoms with Gasteiger partial charge in [-0.05, 0) is 128 Å². The first kappa shape index (κ1) is 97.4. The van der Waals surface area contributed by atoms with E-state index in [1.54, 1.807) is 55.4 Å². The highest BCUT2D eigenvalue weighted by Crippen LogP contribution is 2.22. The molecule has 0 aromatic heterocycles. The van der Waals surface area contributed by atoms with Crippen molar-refractivity contribution in [3.63, 3.8) is 0 Å². The molecule has 0 aromatic rings. The van der Waals surface area contributed by atoms with Crippen LogP contribution in [0.2, 0.25) is 0 Å². The van der Waals surface area contributed by atoms with Gasteiger partial charge < -0.3 is 111 Å².